The molecular formula is C22H31N5O3S. The van der Waals surface area contributed by atoms with Gasteiger partial charge in [-0.25, -0.2) is 18.4 Å². The molecule has 1 fully saturated rings. The number of anilines is 1. The van der Waals surface area contributed by atoms with Crippen LogP contribution < -0.4 is 4.90 Å². The lowest BCUT2D eigenvalue weighted by Crippen LogP contribution is -2.32. The topological polar surface area (TPSA) is 86.7 Å². The van der Waals surface area contributed by atoms with Gasteiger partial charge in [-0.1, -0.05) is 6.07 Å². The van der Waals surface area contributed by atoms with Crippen LogP contribution in [0.1, 0.15) is 48.5 Å². The Hall–Kier alpha value is -2.52. The molecule has 1 atom stereocenters. The fraction of sp³-hybridized carbons (Fsp3) is 0.500. The van der Waals surface area contributed by atoms with Crippen LogP contribution in [0.4, 0.5) is 5.82 Å². The van der Waals surface area contributed by atoms with E-state index in [2.05, 4.69) is 9.97 Å². The molecule has 1 aliphatic rings. The zero-order valence-corrected chi connectivity index (χ0v) is 19.9. The van der Waals surface area contributed by atoms with E-state index in [0.717, 1.165) is 17.5 Å². The van der Waals surface area contributed by atoms with Gasteiger partial charge in [0.05, 0.1) is 23.2 Å². The lowest BCUT2D eigenvalue weighted by molar-refractivity contribution is -0.128. The number of nitrogens with zero attached hydrogens (tertiary/aromatic N) is 5. The average Bonchev–Trinajstić information content (AvgIpc) is 3.20. The number of aromatic nitrogens is 2. The Morgan fingerprint density at radius 1 is 1.13 bits per heavy atom. The number of benzene rings is 1. The van der Waals surface area contributed by atoms with Crippen molar-refractivity contribution in [2.24, 2.45) is 0 Å². The van der Waals surface area contributed by atoms with Crippen molar-refractivity contribution < 1.29 is 13.2 Å². The van der Waals surface area contributed by atoms with E-state index in [9.17, 15) is 13.2 Å². The molecule has 0 N–H and O–H groups in total. The Morgan fingerprint density at radius 2 is 1.84 bits per heavy atom. The van der Waals surface area contributed by atoms with Crippen LogP contribution in [0.2, 0.25) is 0 Å². The molecule has 0 saturated carbocycles. The summed E-state index contributed by atoms with van der Waals surface area (Å²) in [6.07, 6.45) is 1.40. The molecule has 0 radical (unpaired) electrons. The van der Waals surface area contributed by atoms with Crippen LogP contribution in [0.25, 0.3) is 0 Å². The van der Waals surface area contributed by atoms with Crippen LogP contribution in [0.15, 0.2) is 29.2 Å². The maximum Gasteiger partial charge on any atom is 0.243 e. The summed E-state index contributed by atoms with van der Waals surface area (Å²) >= 11 is 0. The van der Waals surface area contributed by atoms with E-state index in [1.54, 1.807) is 24.1 Å². The van der Waals surface area contributed by atoms with Gasteiger partial charge in [0.25, 0.3) is 0 Å². The van der Waals surface area contributed by atoms with Crippen LogP contribution in [-0.4, -0.2) is 61.2 Å². The summed E-state index contributed by atoms with van der Waals surface area (Å²) in [6, 6.07) is 6.63. The number of amides is 1. The van der Waals surface area contributed by atoms with Gasteiger partial charge in [-0.3, -0.25) is 4.79 Å². The number of carbonyl (C=O) groups excluding carboxylic acids is 1. The number of hydrogen-bond donors (Lipinski definition) is 0. The first kappa shape index (κ1) is 23.1. The highest BCUT2D eigenvalue weighted by atomic mass is 32.2. The fourth-order valence-electron chi connectivity index (χ4n) is 3.61. The summed E-state index contributed by atoms with van der Waals surface area (Å²) in [5, 5.41) is 0. The van der Waals surface area contributed by atoms with Crippen molar-refractivity contribution in [2.75, 3.05) is 32.6 Å². The first-order chi connectivity index (χ1) is 14.5. The minimum atomic E-state index is -3.68. The minimum Gasteiger partial charge on any atom is -0.363 e. The third kappa shape index (κ3) is 4.88. The van der Waals surface area contributed by atoms with Crippen molar-refractivity contribution in [3.63, 3.8) is 0 Å². The minimum absolute atomic E-state index is 0.0635. The van der Waals surface area contributed by atoms with Gasteiger partial charge in [-0.05, 0) is 49.9 Å². The van der Waals surface area contributed by atoms with E-state index in [1.165, 1.54) is 11.2 Å². The van der Waals surface area contributed by atoms with Gasteiger partial charge in [-0.15, -0.1) is 0 Å². The summed E-state index contributed by atoms with van der Waals surface area (Å²) in [5.74, 6) is 1.10. The quantitative estimate of drug-likeness (QED) is 0.679. The molecule has 3 rings (SSSR count). The van der Waals surface area contributed by atoms with Crippen molar-refractivity contribution in [2.45, 2.75) is 51.1 Å². The third-order valence-electron chi connectivity index (χ3n) is 5.76. The summed E-state index contributed by atoms with van der Waals surface area (Å²) in [7, 11) is 1.79. The Labute approximate surface area is 185 Å². The normalized spacial score (nSPS) is 17.0. The van der Waals surface area contributed by atoms with Crippen molar-refractivity contribution >= 4 is 21.7 Å². The molecular weight excluding hydrogens is 414 g/mol. The van der Waals surface area contributed by atoms with Gasteiger partial charge in [-0.2, -0.15) is 4.31 Å². The second-order valence-corrected chi connectivity index (χ2v) is 10.3. The average molecular weight is 446 g/mol. The van der Waals surface area contributed by atoms with E-state index in [-0.39, 0.29) is 5.91 Å². The summed E-state index contributed by atoms with van der Waals surface area (Å²) in [6.45, 7) is 6.14. The molecule has 0 spiro atoms. The predicted molar refractivity (Wildman–Crippen MR) is 120 cm³/mol. The monoisotopic (exact) mass is 445 g/mol. The smallest absolute Gasteiger partial charge is 0.243 e. The Balaban J connectivity index is 2.01. The molecule has 0 aliphatic carbocycles. The van der Waals surface area contributed by atoms with Gasteiger partial charge in [0.2, 0.25) is 15.9 Å². The highest BCUT2D eigenvalue weighted by Gasteiger charge is 2.38. The summed E-state index contributed by atoms with van der Waals surface area (Å²) in [5.41, 5.74) is 2.68. The van der Waals surface area contributed by atoms with E-state index in [4.69, 9.17) is 0 Å². The Morgan fingerprint density at radius 3 is 2.45 bits per heavy atom. The molecule has 31 heavy (non-hydrogen) atoms. The van der Waals surface area contributed by atoms with Crippen LogP contribution in [-0.2, 0) is 21.4 Å². The molecule has 1 aromatic carbocycles. The van der Waals surface area contributed by atoms with Gasteiger partial charge in [0.15, 0.2) is 0 Å². The van der Waals surface area contributed by atoms with E-state index >= 15 is 0 Å². The molecule has 8 nitrogen and oxygen atoms in total. The number of carbonyl (C=O) groups is 1. The van der Waals surface area contributed by atoms with Crippen molar-refractivity contribution in [3.8, 4) is 0 Å². The lowest BCUT2D eigenvalue weighted by Gasteiger charge is -2.25. The van der Waals surface area contributed by atoms with Gasteiger partial charge < -0.3 is 9.80 Å². The van der Waals surface area contributed by atoms with E-state index < -0.39 is 16.1 Å². The molecule has 0 unspecified atom stereocenters. The largest absolute Gasteiger partial charge is 0.363 e. The number of aryl methyl sites for hydroxylation is 2. The van der Waals surface area contributed by atoms with Crippen LogP contribution in [0.5, 0.6) is 0 Å². The Kier molecular flexibility index (Phi) is 6.66. The maximum absolute atomic E-state index is 13.5. The van der Waals surface area contributed by atoms with Crippen molar-refractivity contribution in [3.05, 3.63) is 46.9 Å². The molecule has 2 heterocycles. The van der Waals surface area contributed by atoms with Crippen molar-refractivity contribution in [1.29, 1.82) is 0 Å². The summed E-state index contributed by atoms with van der Waals surface area (Å²) < 4.78 is 28.4. The molecule has 168 valence electrons. The first-order valence-electron chi connectivity index (χ1n) is 10.4. The zero-order chi connectivity index (χ0) is 22.9. The number of hydrogen-bond acceptors (Lipinski definition) is 6. The second kappa shape index (κ2) is 8.92. The predicted octanol–water partition coefficient (Wildman–Crippen LogP) is 2.66. The highest BCUT2D eigenvalue weighted by Crippen LogP contribution is 2.36. The molecule has 1 aliphatic heterocycles. The highest BCUT2D eigenvalue weighted by molar-refractivity contribution is 7.89. The molecule has 9 heteroatoms. The van der Waals surface area contributed by atoms with Crippen molar-refractivity contribution in [1.82, 2.24) is 19.2 Å². The van der Waals surface area contributed by atoms with Crippen LogP contribution >= 0.6 is 0 Å². The van der Waals surface area contributed by atoms with E-state index in [1.807, 2.05) is 45.0 Å². The third-order valence-corrected chi connectivity index (χ3v) is 7.67. The van der Waals surface area contributed by atoms with Gasteiger partial charge in [0.1, 0.15) is 11.6 Å². The molecule has 2 aromatic rings. The second-order valence-electron chi connectivity index (χ2n) is 8.37. The first-order valence-corrected chi connectivity index (χ1v) is 11.8. The number of rotatable bonds is 6. The lowest BCUT2D eigenvalue weighted by atomic mass is 10.1. The SMILES string of the molecule is CC(=O)N(C)Cc1cc(N(C)C)nc([C@@H]2CCCN2S(=O)(=O)c2ccc(C)c(C)c2)n1. The maximum atomic E-state index is 13.5. The van der Waals surface area contributed by atoms with Crippen LogP contribution in [0, 0.1) is 13.8 Å². The molecule has 1 aromatic heterocycles. The zero-order valence-electron chi connectivity index (χ0n) is 19.1. The van der Waals surface area contributed by atoms with Gasteiger partial charge >= 0.3 is 0 Å². The van der Waals surface area contributed by atoms with Crippen LogP contribution in [0.3, 0.4) is 0 Å². The van der Waals surface area contributed by atoms with E-state index in [0.29, 0.717) is 41.7 Å². The molecule has 1 saturated heterocycles. The Bertz CT molecular complexity index is 1080. The summed E-state index contributed by atoms with van der Waals surface area (Å²) in [4.78, 5) is 24.7. The van der Waals surface area contributed by atoms with Gasteiger partial charge in [0, 0.05) is 40.7 Å². The fourth-order valence-corrected chi connectivity index (χ4v) is 5.35. The molecule has 1 amide bonds. The molecule has 0 bridgehead atoms. The number of sulfonamides is 1. The standard InChI is InChI=1S/C22H31N5O3S/c1-15-9-10-19(12-16(15)2)31(29,30)27-11-7-8-20(27)22-23-18(14-26(6)17(3)28)13-21(24-22)25(4)5/h9-10,12-13,20H,7-8,11,14H2,1-6H3/t20-/m0/s1.